The molecule has 1 atom stereocenters. The molecule has 0 saturated heterocycles. The molecule has 3 nitrogen and oxygen atoms in total. The molecule has 0 amide bonds. The summed E-state index contributed by atoms with van der Waals surface area (Å²) in [6.45, 7) is 3.79. The molecule has 0 aliphatic carbocycles. The molecule has 0 aromatic rings. The van der Waals surface area contributed by atoms with E-state index in [-0.39, 0.29) is 0 Å². The molecule has 14 heavy (non-hydrogen) atoms. The first kappa shape index (κ1) is 13.9. The number of hydrogen-bond acceptors (Lipinski definition) is 2. The SMILES string of the molecule is CCCCCCCCC(C)S([NH])(=O)=O. The van der Waals surface area contributed by atoms with E-state index in [9.17, 15) is 8.42 Å². The monoisotopic (exact) mass is 220 g/mol. The van der Waals surface area contributed by atoms with Crippen LogP contribution in [-0.4, -0.2) is 13.7 Å². The van der Waals surface area contributed by atoms with Crippen molar-refractivity contribution in [3.05, 3.63) is 0 Å². The Morgan fingerprint density at radius 2 is 1.57 bits per heavy atom. The van der Waals surface area contributed by atoms with Crippen molar-refractivity contribution in [2.75, 3.05) is 0 Å². The minimum absolute atomic E-state index is 0.492. The van der Waals surface area contributed by atoms with Gasteiger partial charge in [0.25, 0.3) is 0 Å². The van der Waals surface area contributed by atoms with Gasteiger partial charge in [0.1, 0.15) is 0 Å². The molecular formula is C10H22NO2S. The van der Waals surface area contributed by atoms with Gasteiger partial charge in [-0.2, -0.15) is 0 Å². The van der Waals surface area contributed by atoms with E-state index >= 15 is 0 Å². The number of unbranched alkanes of at least 4 members (excludes halogenated alkanes) is 5. The Hall–Kier alpha value is -0.0900. The van der Waals surface area contributed by atoms with Crippen molar-refractivity contribution in [3.63, 3.8) is 0 Å². The third kappa shape index (κ3) is 7.33. The van der Waals surface area contributed by atoms with E-state index in [2.05, 4.69) is 6.92 Å². The standard InChI is InChI=1S/C10H22NO2S/c1-3-4-5-6-7-8-9-10(2)14(11,12)13/h10-11H,3-9H2,1-2H3. The normalized spacial score (nSPS) is 14.2. The Morgan fingerprint density at radius 1 is 1.07 bits per heavy atom. The summed E-state index contributed by atoms with van der Waals surface area (Å²) in [7, 11) is -3.55. The summed E-state index contributed by atoms with van der Waals surface area (Å²) >= 11 is 0. The fourth-order valence-electron chi connectivity index (χ4n) is 1.37. The van der Waals surface area contributed by atoms with Gasteiger partial charge in [-0.1, -0.05) is 45.4 Å². The van der Waals surface area contributed by atoms with E-state index in [4.69, 9.17) is 5.14 Å². The molecule has 0 aliphatic rings. The first-order chi connectivity index (χ1) is 6.48. The predicted octanol–water partition coefficient (Wildman–Crippen LogP) is 2.74. The van der Waals surface area contributed by atoms with E-state index < -0.39 is 15.3 Å². The summed E-state index contributed by atoms with van der Waals surface area (Å²) in [6, 6.07) is 0. The van der Waals surface area contributed by atoms with E-state index in [1.165, 1.54) is 25.7 Å². The second kappa shape index (κ2) is 7.23. The lowest BCUT2D eigenvalue weighted by Crippen LogP contribution is -2.17. The topological polar surface area (TPSA) is 57.9 Å². The molecule has 0 bridgehead atoms. The molecule has 0 spiro atoms. The highest BCUT2D eigenvalue weighted by Gasteiger charge is 2.14. The third-order valence-electron chi connectivity index (χ3n) is 2.49. The van der Waals surface area contributed by atoms with E-state index in [1.807, 2.05) is 0 Å². The van der Waals surface area contributed by atoms with Crippen molar-refractivity contribution in [1.29, 1.82) is 0 Å². The second-order valence-corrected chi connectivity index (χ2v) is 5.81. The zero-order valence-corrected chi connectivity index (χ0v) is 10.1. The highest BCUT2D eigenvalue weighted by Crippen LogP contribution is 2.11. The molecule has 1 N–H and O–H groups in total. The van der Waals surface area contributed by atoms with E-state index in [0.717, 1.165) is 12.8 Å². The molecule has 0 aromatic carbocycles. The van der Waals surface area contributed by atoms with Crippen molar-refractivity contribution in [2.45, 2.75) is 64.0 Å². The number of hydrogen-bond donors (Lipinski definition) is 0. The maximum Gasteiger partial charge on any atom is 0.227 e. The van der Waals surface area contributed by atoms with Crippen LogP contribution >= 0.6 is 0 Å². The summed E-state index contributed by atoms with van der Waals surface area (Å²) in [5.74, 6) is 0. The molecule has 4 heteroatoms. The first-order valence-electron chi connectivity index (χ1n) is 5.47. The minimum Gasteiger partial charge on any atom is -0.211 e. The van der Waals surface area contributed by atoms with Gasteiger partial charge in [0.2, 0.25) is 10.0 Å². The van der Waals surface area contributed by atoms with Gasteiger partial charge in [0, 0.05) is 0 Å². The van der Waals surface area contributed by atoms with Crippen LogP contribution in [0.3, 0.4) is 0 Å². The maximum atomic E-state index is 10.8. The molecule has 0 aromatic heterocycles. The van der Waals surface area contributed by atoms with Crippen molar-refractivity contribution < 1.29 is 8.42 Å². The maximum absolute atomic E-state index is 10.8. The van der Waals surface area contributed by atoms with Gasteiger partial charge in [0.15, 0.2) is 0 Å². The lowest BCUT2D eigenvalue weighted by Gasteiger charge is -2.07. The first-order valence-corrected chi connectivity index (χ1v) is 7.01. The van der Waals surface area contributed by atoms with Crippen LogP contribution in [0.4, 0.5) is 0 Å². The van der Waals surface area contributed by atoms with Crippen molar-refractivity contribution in [3.8, 4) is 0 Å². The number of rotatable bonds is 8. The molecule has 0 heterocycles. The molecule has 85 valence electrons. The second-order valence-electron chi connectivity index (χ2n) is 3.91. The van der Waals surface area contributed by atoms with Crippen molar-refractivity contribution in [1.82, 2.24) is 5.14 Å². The van der Waals surface area contributed by atoms with Gasteiger partial charge in [-0.15, -0.1) is 5.14 Å². The minimum atomic E-state index is -3.55. The van der Waals surface area contributed by atoms with Crippen LogP contribution in [0.5, 0.6) is 0 Å². The molecular weight excluding hydrogens is 198 g/mol. The molecule has 1 unspecified atom stereocenters. The van der Waals surface area contributed by atoms with E-state index in [0.29, 0.717) is 6.42 Å². The van der Waals surface area contributed by atoms with Crippen LogP contribution in [-0.2, 0) is 10.0 Å². The van der Waals surface area contributed by atoms with Crippen molar-refractivity contribution in [2.24, 2.45) is 0 Å². The van der Waals surface area contributed by atoms with Gasteiger partial charge in [0.05, 0.1) is 5.25 Å². The highest BCUT2D eigenvalue weighted by molar-refractivity contribution is 7.89. The molecule has 0 aliphatic heterocycles. The third-order valence-corrected chi connectivity index (χ3v) is 3.79. The number of nitrogens with one attached hydrogen (secondary N) is 1. The van der Waals surface area contributed by atoms with Gasteiger partial charge < -0.3 is 0 Å². The summed E-state index contributed by atoms with van der Waals surface area (Å²) in [6.07, 6.45) is 7.61. The summed E-state index contributed by atoms with van der Waals surface area (Å²) in [4.78, 5) is 0. The Morgan fingerprint density at radius 3 is 2.07 bits per heavy atom. The number of sulfonamides is 1. The van der Waals surface area contributed by atoms with Crippen LogP contribution in [0.1, 0.15) is 58.8 Å². The lowest BCUT2D eigenvalue weighted by molar-refractivity contribution is 0.554. The summed E-state index contributed by atoms with van der Waals surface area (Å²) in [5, 5.41) is 6.36. The average molecular weight is 220 g/mol. The smallest absolute Gasteiger partial charge is 0.211 e. The Bertz CT molecular complexity index is 224. The van der Waals surface area contributed by atoms with Crippen molar-refractivity contribution >= 4 is 10.0 Å². The Balaban J connectivity index is 3.37. The molecule has 1 radical (unpaired) electrons. The fraction of sp³-hybridized carbons (Fsp3) is 1.00. The average Bonchev–Trinajstić information content (AvgIpc) is 2.09. The van der Waals surface area contributed by atoms with Gasteiger partial charge in [-0.3, -0.25) is 0 Å². The van der Waals surface area contributed by atoms with Crippen LogP contribution in [0.2, 0.25) is 0 Å². The van der Waals surface area contributed by atoms with Crippen LogP contribution in [0.15, 0.2) is 0 Å². The Kier molecular flexibility index (Phi) is 7.19. The molecule has 0 fully saturated rings. The van der Waals surface area contributed by atoms with Gasteiger partial charge in [-0.05, 0) is 13.3 Å². The molecule has 0 saturated carbocycles. The zero-order valence-electron chi connectivity index (χ0n) is 9.25. The van der Waals surface area contributed by atoms with Gasteiger partial charge in [-0.25, -0.2) is 8.42 Å². The quantitative estimate of drug-likeness (QED) is 0.590. The molecule has 0 rings (SSSR count). The van der Waals surface area contributed by atoms with E-state index in [1.54, 1.807) is 6.92 Å². The van der Waals surface area contributed by atoms with Crippen LogP contribution in [0.25, 0.3) is 0 Å². The Labute approximate surface area is 88.1 Å². The van der Waals surface area contributed by atoms with Crippen LogP contribution in [0, 0.1) is 0 Å². The fourth-order valence-corrected chi connectivity index (χ4v) is 1.84. The largest absolute Gasteiger partial charge is 0.227 e. The lowest BCUT2D eigenvalue weighted by atomic mass is 10.1. The summed E-state index contributed by atoms with van der Waals surface area (Å²) in [5.41, 5.74) is 0. The zero-order chi connectivity index (χ0) is 11.0. The highest BCUT2D eigenvalue weighted by atomic mass is 32.2. The summed E-state index contributed by atoms with van der Waals surface area (Å²) < 4.78 is 21.5. The van der Waals surface area contributed by atoms with Gasteiger partial charge >= 0.3 is 0 Å². The predicted molar refractivity (Wildman–Crippen MR) is 59.5 cm³/mol. The van der Waals surface area contributed by atoms with Crippen LogP contribution < -0.4 is 5.14 Å².